The molecule has 0 unspecified atom stereocenters. The smallest absolute Gasteiger partial charge is 0.228 e. The van der Waals surface area contributed by atoms with Crippen LogP contribution in [-0.2, 0) is 11.2 Å². The third-order valence-electron chi connectivity index (χ3n) is 2.89. The van der Waals surface area contributed by atoms with E-state index < -0.39 is 0 Å². The maximum Gasteiger partial charge on any atom is 0.228 e. The standard InChI is InChI=1S/C15H11FN2OS/c16-11-3-1-10(2-4-11)7-15(19)18-12-5-6-14-13(8-12)17-9-20-14/h1-6,8-9H,7H2,(H,18,19). The highest BCUT2D eigenvalue weighted by molar-refractivity contribution is 7.16. The van der Waals surface area contributed by atoms with Crippen molar-refractivity contribution in [2.45, 2.75) is 6.42 Å². The van der Waals surface area contributed by atoms with Crippen LogP contribution < -0.4 is 5.32 Å². The van der Waals surface area contributed by atoms with Crippen molar-refractivity contribution in [3.63, 3.8) is 0 Å². The maximum atomic E-state index is 12.8. The summed E-state index contributed by atoms with van der Waals surface area (Å²) in [6.07, 6.45) is 0.218. The van der Waals surface area contributed by atoms with Gasteiger partial charge in [-0.15, -0.1) is 11.3 Å². The Morgan fingerprint density at radius 2 is 2.00 bits per heavy atom. The molecule has 3 rings (SSSR count). The fraction of sp³-hybridized carbons (Fsp3) is 0.0667. The Kier molecular flexibility index (Phi) is 3.43. The predicted octanol–water partition coefficient (Wildman–Crippen LogP) is 3.62. The molecule has 2 aromatic carbocycles. The number of thiazole rings is 1. The van der Waals surface area contributed by atoms with Gasteiger partial charge in [-0.3, -0.25) is 4.79 Å². The quantitative estimate of drug-likeness (QED) is 0.799. The molecule has 3 aromatic rings. The zero-order valence-corrected chi connectivity index (χ0v) is 11.3. The highest BCUT2D eigenvalue weighted by Gasteiger charge is 2.05. The van der Waals surface area contributed by atoms with Crippen LogP contribution in [0.3, 0.4) is 0 Å². The van der Waals surface area contributed by atoms with Gasteiger partial charge in [0.25, 0.3) is 0 Å². The van der Waals surface area contributed by atoms with E-state index in [1.54, 1.807) is 29.0 Å². The predicted molar refractivity (Wildman–Crippen MR) is 78.4 cm³/mol. The van der Waals surface area contributed by atoms with E-state index >= 15 is 0 Å². The number of halogens is 1. The third-order valence-corrected chi connectivity index (χ3v) is 3.70. The fourth-order valence-corrected chi connectivity index (χ4v) is 2.59. The number of anilines is 1. The number of nitrogens with one attached hydrogen (secondary N) is 1. The first-order valence-corrected chi connectivity index (χ1v) is 6.96. The van der Waals surface area contributed by atoms with Crippen molar-refractivity contribution in [3.8, 4) is 0 Å². The van der Waals surface area contributed by atoms with Gasteiger partial charge in [-0.1, -0.05) is 12.1 Å². The first kappa shape index (κ1) is 12.7. The van der Waals surface area contributed by atoms with E-state index in [0.29, 0.717) is 0 Å². The van der Waals surface area contributed by atoms with Crippen LogP contribution in [0.4, 0.5) is 10.1 Å². The Morgan fingerprint density at radius 3 is 2.80 bits per heavy atom. The van der Waals surface area contributed by atoms with Crippen molar-refractivity contribution in [1.29, 1.82) is 0 Å². The molecule has 0 fully saturated rings. The van der Waals surface area contributed by atoms with Crippen LogP contribution in [-0.4, -0.2) is 10.9 Å². The van der Waals surface area contributed by atoms with Gasteiger partial charge in [0.15, 0.2) is 0 Å². The summed E-state index contributed by atoms with van der Waals surface area (Å²) in [4.78, 5) is 16.1. The van der Waals surface area contributed by atoms with Gasteiger partial charge < -0.3 is 5.32 Å². The van der Waals surface area contributed by atoms with E-state index in [1.807, 2.05) is 18.2 Å². The number of nitrogens with zero attached hydrogens (tertiary/aromatic N) is 1. The number of rotatable bonds is 3. The first-order chi connectivity index (χ1) is 9.70. The lowest BCUT2D eigenvalue weighted by molar-refractivity contribution is -0.115. The molecule has 1 N–H and O–H groups in total. The molecule has 0 saturated carbocycles. The number of hydrogen-bond donors (Lipinski definition) is 1. The second kappa shape index (κ2) is 5.38. The van der Waals surface area contributed by atoms with Gasteiger partial charge in [0.1, 0.15) is 5.82 Å². The molecule has 1 aromatic heterocycles. The first-order valence-electron chi connectivity index (χ1n) is 6.08. The van der Waals surface area contributed by atoms with E-state index in [0.717, 1.165) is 21.5 Å². The molecule has 20 heavy (non-hydrogen) atoms. The van der Waals surface area contributed by atoms with E-state index in [9.17, 15) is 9.18 Å². The normalized spacial score (nSPS) is 10.7. The Bertz CT molecular complexity index is 752. The summed E-state index contributed by atoms with van der Waals surface area (Å²) in [5, 5.41) is 2.82. The molecule has 0 aliphatic rings. The summed E-state index contributed by atoms with van der Waals surface area (Å²) in [5.41, 5.74) is 4.14. The van der Waals surface area contributed by atoms with Gasteiger partial charge in [0.05, 0.1) is 22.1 Å². The molecule has 0 spiro atoms. The lowest BCUT2D eigenvalue weighted by atomic mass is 10.1. The minimum atomic E-state index is -0.303. The fourth-order valence-electron chi connectivity index (χ4n) is 1.93. The van der Waals surface area contributed by atoms with Gasteiger partial charge in [-0.2, -0.15) is 0 Å². The molecule has 0 aliphatic carbocycles. The van der Waals surface area contributed by atoms with Crippen molar-refractivity contribution in [3.05, 3.63) is 59.4 Å². The van der Waals surface area contributed by atoms with E-state index in [1.165, 1.54) is 12.1 Å². The molecule has 1 heterocycles. The van der Waals surface area contributed by atoms with E-state index in [4.69, 9.17) is 0 Å². The van der Waals surface area contributed by atoms with Crippen molar-refractivity contribution in [2.75, 3.05) is 5.32 Å². The van der Waals surface area contributed by atoms with Gasteiger partial charge in [-0.05, 0) is 35.9 Å². The summed E-state index contributed by atoms with van der Waals surface area (Å²) in [6, 6.07) is 11.5. The van der Waals surface area contributed by atoms with Crippen LogP contribution in [0.5, 0.6) is 0 Å². The van der Waals surface area contributed by atoms with Gasteiger partial charge in [0, 0.05) is 5.69 Å². The molecule has 0 radical (unpaired) electrons. The molecule has 5 heteroatoms. The average molecular weight is 286 g/mol. The summed E-state index contributed by atoms with van der Waals surface area (Å²) in [5.74, 6) is -0.436. The SMILES string of the molecule is O=C(Cc1ccc(F)cc1)Nc1ccc2scnc2c1. The molecule has 1 amide bonds. The molecule has 100 valence electrons. The second-order valence-electron chi connectivity index (χ2n) is 4.39. The number of aromatic nitrogens is 1. The summed E-state index contributed by atoms with van der Waals surface area (Å²) in [6.45, 7) is 0. The second-order valence-corrected chi connectivity index (χ2v) is 5.27. The zero-order chi connectivity index (χ0) is 13.9. The molecule has 0 saturated heterocycles. The average Bonchev–Trinajstić information content (AvgIpc) is 2.89. The van der Waals surface area contributed by atoms with Crippen LogP contribution in [0.1, 0.15) is 5.56 Å². The van der Waals surface area contributed by atoms with E-state index in [2.05, 4.69) is 10.3 Å². The van der Waals surface area contributed by atoms with Crippen molar-refractivity contribution >= 4 is 33.1 Å². The molecule has 0 bridgehead atoms. The highest BCUT2D eigenvalue weighted by atomic mass is 32.1. The van der Waals surface area contributed by atoms with Crippen LogP contribution >= 0.6 is 11.3 Å². The van der Waals surface area contributed by atoms with Crippen molar-refractivity contribution < 1.29 is 9.18 Å². The van der Waals surface area contributed by atoms with E-state index in [-0.39, 0.29) is 18.1 Å². The molecular formula is C15H11FN2OS. The Labute approximate surface area is 119 Å². The Balaban J connectivity index is 1.70. The number of carbonyl (C=O) groups excluding carboxylic acids is 1. The molecule has 0 aliphatic heterocycles. The molecule has 3 nitrogen and oxygen atoms in total. The number of carbonyl (C=O) groups is 1. The summed E-state index contributed by atoms with van der Waals surface area (Å²) in [7, 11) is 0. The van der Waals surface area contributed by atoms with Gasteiger partial charge in [-0.25, -0.2) is 9.37 Å². The van der Waals surface area contributed by atoms with Crippen molar-refractivity contribution in [1.82, 2.24) is 4.98 Å². The molecular weight excluding hydrogens is 275 g/mol. The topological polar surface area (TPSA) is 42.0 Å². The monoisotopic (exact) mass is 286 g/mol. The maximum absolute atomic E-state index is 12.8. The lowest BCUT2D eigenvalue weighted by Gasteiger charge is -2.05. The largest absolute Gasteiger partial charge is 0.326 e. The summed E-state index contributed by atoms with van der Waals surface area (Å²) < 4.78 is 13.9. The van der Waals surface area contributed by atoms with Crippen molar-refractivity contribution in [2.24, 2.45) is 0 Å². The number of benzene rings is 2. The number of hydrogen-bond acceptors (Lipinski definition) is 3. The van der Waals surface area contributed by atoms with Gasteiger partial charge in [0.2, 0.25) is 5.91 Å². The zero-order valence-electron chi connectivity index (χ0n) is 10.5. The third kappa shape index (κ3) is 2.83. The van der Waals surface area contributed by atoms with Crippen LogP contribution in [0.2, 0.25) is 0 Å². The Hall–Kier alpha value is -2.27. The highest BCUT2D eigenvalue weighted by Crippen LogP contribution is 2.21. The minimum absolute atomic E-state index is 0.133. The number of amides is 1. The minimum Gasteiger partial charge on any atom is -0.326 e. The van der Waals surface area contributed by atoms with Crippen LogP contribution in [0.15, 0.2) is 48.0 Å². The van der Waals surface area contributed by atoms with Crippen LogP contribution in [0, 0.1) is 5.82 Å². The summed E-state index contributed by atoms with van der Waals surface area (Å²) >= 11 is 1.56. The lowest BCUT2D eigenvalue weighted by Crippen LogP contribution is -2.14. The van der Waals surface area contributed by atoms with Crippen LogP contribution in [0.25, 0.3) is 10.2 Å². The molecule has 0 atom stereocenters. The Morgan fingerprint density at radius 1 is 1.20 bits per heavy atom. The number of fused-ring (bicyclic) bond motifs is 1. The van der Waals surface area contributed by atoms with Gasteiger partial charge >= 0.3 is 0 Å².